The number of para-hydroxylation sites is 2. The van der Waals surface area contributed by atoms with Crippen LogP contribution in [0.3, 0.4) is 0 Å². The number of rotatable bonds is 9. The number of imidazole rings is 1. The maximum atomic E-state index is 13.2. The van der Waals surface area contributed by atoms with Gasteiger partial charge in [-0.3, -0.25) is 4.79 Å². The molecule has 0 spiro atoms. The van der Waals surface area contributed by atoms with Gasteiger partial charge in [0.25, 0.3) is 0 Å². The van der Waals surface area contributed by atoms with Crippen LogP contribution >= 0.6 is 0 Å². The molecule has 1 atom stereocenters. The Kier molecular flexibility index (Phi) is 7.17. The summed E-state index contributed by atoms with van der Waals surface area (Å²) in [5.74, 6) is 0.0424. The summed E-state index contributed by atoms with van der Waals surface area (Å²) in [6.07, 6.45) is -3.75. The number of carbonyl (C=O) groups excluding carboxylic acids is 1. The number of aromatic nitrogens is 2. The number of hydrogen-bond donors (Lipinski definition) is 3. The van der Waals surface area contributed by atoms with Crippen molar-refractivity contribution in [2.45, 2.75) is 32.0 Å². The van der Waals surface area contributed by atoms with Crippen molar-refractivity contribution >= 4 is 22.9 Å². The Balaban J connectivity index is 1.90. The standard InChI is InChI=1S/C22H25F3N4O2/c1-2-10-29(11-12-30)20(31)19(14-15-6-5-7-16(13-15)22(23,24)25)28-21-26-17-8-3-4-9-18(17)27-21/h3-9,13,19,30H,2,10-12,14H2,1H3,(H2,26,27,28). The average molecular weight is 434 g/mol. The molecule has 166 valence electrons. The number of nitrogens with one attached hydrogen (secondary N) is 2. The van der Waals surface area contributed by atoms with Crippen LogP contribution in [-0.2, 0) is 17.4 Å². The highest BCUT2D eigenvalue weighted by Crippen LogP contribution is 2.30. The number of carbonyl (C=O) groups is 1. The minimum Gasteiger partial charge on any atom is -0.395 e. The summed E-state index contributed by atoms with van der Waals surface area (Å²) < 4.78 is 39.4. The highest BCUT2D eigenvalue weighted by Gasteiger charge is 2.31. The number of halogens is 3. The van der Waals surface area contributed by atoms with Gasteiger partial charge in [-0.05, 0) is 30.2 Å². The Hall–Kier alpha value is -3.07. The number of aliphatic hydroxyl groups excluding tert-OH is 1. The van der Waals surface area contributed by atoms with Crippen LogP contribution in [0.15, 0.2) is 48.5 Å². The van der Waals surface area contributed by atoms with Crippen LogP contribution in [0.1, 0.15) is 24.5 Å². The molecule has 3 N–H and O–H groups in total. The highest BCUT2D eigenvalue weighted by molar-refractivity contribution is 5.85. The Morgan fingerprint density at radius 3 is 2.65 bits per heavy atom. The fourth-order valence-corrected chi connectivity index (χ4v) is 3.44. The minimum absolute atomic E-state index is 0.0332. The average Bonchev–Trinajstić information content (AvgIpc) is 3.14. The maximum absolute atomic E-state index is 13.2. The number of alkyl halides is 3. The van der Waals surface area contributed by atoms with Gasteiger partial charge in [-0.25, -0.2) is 4.98 Å². The summed E-state index contributed by atoms with van der Waals surface area (Å²) in [7, 11) is 0. The minimum atomic E-state index is -4.47. The zero-order valence-corrected chi connectivity index (χ0v) is 17.1. The number of H-pyrrole nitrogens is 1. The largest absolute Gasteiger partial charge is 0.416 e. The van der Waals surface area contributed by atoms with E-state index in [-0.39, 0.29) is 25.5 Å². The fraction of sp³-hybridized carbons (Fsp3) is 0.364. The molecule has 1 aromatic heterocycles. The molecule has 0 aliphatic heterocycles. The first-order valence-corrected chi connectivity index (χ1v) is 10.1. The lowest BCUT2D eigenvalue weighted by molar-refractivity contribution is -0.137. The molecule has 2 aromatic carbocycles. The summed E-state index contributed by atoms with van der Waals surface area (Å²) in [6.45, 7) is 2.28. The van der Waals surface area contributed by atoms with Crippen LogP contribution in [0.2, 0.25) is 0 Å². The first kappa shape index (κ1) is 22.6. The highest BCUT2D eigenvalue weighted by atomic mass is 19.4. The summed E-state index contributed by atoms with van der Waals surface area (Å²) in [6, 6.07) is 11.4. The molecule has 9 heteroatoms. The van der Waals surface area contributed by atoms with Gasteiger partial charge in [0, 0.05) is 19.5 Å². The van der Waals surface area contributed by atoms with Gasteiger partial charge in [-0.15, -0.1) is 0 Å². The SMILES string of the molecule is CCCN(CCO)C(=O)C(Cc1cccc(C(F)(F)F)c1)Nc1nc2ccccc2[nH]1. The summed E-state index contributed by atoms with van der Waals surface area (Å²) in [5.41, 5.74) is 1.09. The van der Waals surface area contributed by atoms with Crippen molar-refractivity contribution in [3.05, 3.63) is 59.7 Å². The first-order chi connectivity index (χ1) is 14.8. The third-order valence-corrected chi connectivity index (χ3v) is 4.87. The van der Waals surface area contributed by atoms with Crippen LogP contribution < -0.4 is 5.32 Å². The molecule has 0 saturated carbocycles. The number of benzene rings is 2. The molecule has 1 amide bonds. The van der Waals surface area contributed by atoms with Gasteiger partial charge in [0.05, 0.1) is 23.2 Å². The summed E-state index contributed by atoms with van der Waals surface area (Å²) in [4.78, 5) is 22.2. The van der Waals surface area contributed by atoms with Crippen molar-refractivity contribution in [1.82, 2.24) is 14.9 Å². The molecule has 0 radical (unpaired) electrons. The predicted molar refractivity (Wildman–Crippen MR) is 113 cm³/mol. The van der Waals surface area contributed by atoms with Crippen LogP contribution in [0, 0.1) is 0 Å². The number of amides is 1. The molecule has 3 aromatic rings. The molecule has 0 fully saturated rings. The Bertz CT molecular complexity index is 980. The first-order valence-electron chi connectivity index (χ1n) is 10.1. The quantitative estimate of drug-likeness (QED) is 0.478. The number of aliphatic hydroxyl groups is 1. The fourth-order valence-electron chi connectivity index (χ4n) is 3.44. The van der Waals surface area contributed by atoms with Gasteiger partial charge in [-0.1, -0.05) is 37.3 Å². The lowest BCUT2D eigenvalue weighted by atomic mass is 10.0. The number of fused-ring (bicyclic) bond motifs is 1. The lowest BCUT2D eigenvalue weighted by Crippen LogP contribution is -2.45. The van der Waals surface area contributed by atoms with E-state index in [9.17, 15) is 23.1 Å². The molecule has 0 saturated heterocycles. The second-order valence-electron chi connectivity index (χ2n) is 7.25. The van der Waals surface area contributed by atoms with E-state index < -0.39 is 17.8 Å². The Labute approximate surface area is 178 Å². The zero-order chi connectivity index (χ0) is 22.4. The smallest absolute Gasteiger partial charge is 0.395 e. The van der Waals surface area contributed by atoms with Crippen molar-refractivity contribution in [1.29, 1.82) is 0 Å². The third kappa shape index (κ3) is 5.75. The normalized spacial score (nSPS) is 12.7. The van der Waals surface area contributed by atoms with Crippen LogP contribution in [0.4, 0.5) is 19.1 Å². The molecular formula is C22H25F3N4O2. The van der Waals surface area contributed by atoms with E-state index in [1.807, 2.05) is 31.2 Å². The number of nitrogens with zero attached hydrogens (tertiary/aromatic N) is 2. The van der Waals surface area contributed by atoms with E-state index in [0.29, 0.717) is 30.0 Å². The lowest BCUT2D eigenvalue weighted by Gasteiger charge is -2.27. The zero-order valence-electron chi connectivity index (χ0n) is 17.1. The number of anilines is 1. The van der Waals surface area contributed by atoms with E-state index >= 15 is 0 Å². The summed E-state index contributed by atoms with van der Waals surface area (Å²) in [5, 5.41) is 12.4. The van der Waals surface area contributed by atoms with E-state index in [0.717, 1.165) is 17.6 Å². The van der Waals surface area contributed by atoms with Gasteiger partial charge in [-0.2, -0.15) is 13.2 Å². The molecule has 1 heterocycles. The molecule has 1 unspecified atom stereocenters. The molecule has 0 aliphatic carbocycles. The number of aromatic amines is 1. The second-order valence-corrected chi connectivity index (χ2v) is 7.25. The van der Waals surface area contributed by atoms with Gasteiger partial charge in [0.2, 0.25) is 11.9 Å². The van der Waals surface area contributed by atoms with E-state index in [1.165, 1.54) is 11.0 Å². The molecule has 6 nitrogen and oxygen atoms in total. The van der Waals surface area contributed by atoms with E-state index in [1.54, 1.807) is 6.07 Å². The van der Waals surface area contributed by atoms with Crippen molar-refractivity contribution < 1.29 is 23.1 Å². The maximum Gasteiger partial charge on any atom is 0.416 e. The van der Waals surface area contributed by atoms with Gasteiger partial charge in [0.1, 0.15) is 6.04 Å². The third-order valence-electron chi connectivity index (χ3n) is 4.87. The van der Waals surface area contributed by atoms with Crippen molar-refractivity contribution in [3.63, 3.8) is 0 Å². The Morgan fingerprint density at radius 1 is 1.19 bits per heavy atom. The van der Waals surface area contributed by atoms with E-state index in [2.05, 4.69) is 15.3 Å². The van der Waals surface area contributed by atoms with Gasteiger partial charge < -0.3 is 20.3 Å². The molecular weight excluding hydrogens is 409 g/mol. The second kappa shape index (κ2) is 9.82. The summed E-state index contributed by atoms with van der Waals surface area (Å²) >= 11 is 0. The van der Waals surface area contributed by atoms with Crippen molar-refractivity contribution in [2.75, 3.05) is 25.0 Å². The monoisotopic (exact) mass is 434 g/mol. The predicted octanol–water partition coefficient (Wildman–Crippen LogP) is 3.84. The Morgan fingerprint density at radius 2 is 1.97 bits per heavy atom. The molecule has 0 bridgehead atoms. The van der Waals surface area contributed by atoms with Crippen LogP contribution in [-0.4, -0.2) is 51.6 Å². The molecule has 31 heavy (non-hydrogen) atoms. The topological polar surface area (TPSA) is 81.2 Å². The van der Waals surface area contributed by atoms with E-state index in [4.69, 9.17) is 0 Å². The number of hydrogen-bond acceptors (Lipinski definition) is 4. The van der Waals surface area contributed by atoms with Gasteiger partial charge >= 0.3 is 6.18 Å². The van der Waals surface area contributed by atoms with Crippen LogP contribution in [0.5, 0.6) is 0 Å². The molecule has 0 aliphatic rings. The van der Waals surface area contributed by atoms with Crippen molar-refractivity contribution in [3.8, 4) is 0 Å². The van der Waals surface area contributed by atoms with Crippen LogP contribution in [0.25, 0.3) is 11.0 Å². The van der Waals surface area contributed by atoms with Crippen molar-refractivity contribution in [2.24, 2.45) is 0 Å². The molecule has 3 rings (SSSR count). The van der Waals surface area contributed by atoms with Gasteiger partial charge in [0.15, 0.2) is 0 Å².